The van der Waals surface area contributed by atoms with Crippen LogP contribution in [0.3, 0.4) is 0 Å². The van der Waals surface area contributed by atoms with Gasteiger partial charge in [0.05, 0.1) is 37.2 Å². The van der Waals surface area contributed by atoms with Gasteiger partial charge in [-0.1, -0.05) is 23.5 Å². The van der Waals surface area contributed by atoms with Gasteiger partial charge in [0.2, 0.25) is 5.75 Å². The number of hydrogen-bond acceptors (Lipinski definition) is 8. The SMILES string of the molecule is COc1cc(-c2nc(C)c(C(=O)Nc3nc4ccccc4s3)s2)cc(OC)c1OC. The van der Waals surface area contributed by atoms with Crippen LogP contribution < -0.4 is 19.5 Å². The molecule has 9 heteroatoms. The van der Waals surface area contributed by atoms with Gasteiger partial charge < -0.3 is 14.2 Å². The number of thiazole rings is 2. The maximum atomic E-state index is 12.9. The molecule has 0 bridgehead atoms. The van der Waals surface area contributed by atoms with Crippen molar-refractivity contribution in [3.63, 3.8) is 0 Å². The van der Waals surface area contributed by atoms with Crippen molar-refractivity contribution in [1.29, 1.82) is 0 Å². The molecule has 0 unspecified atom stereocenters. The van der Waals surface area contributed by atoms with Crippen LogP contribution in [-0.2, 0) is 0 Å². The number of nitrogens with zero attached hydrogens (tertiary/aromatic N) is 2. The molecule has 7 nitrogen and oxygen atoms in total. The van der Waals surface area contributed by atoms with Crippen molar-refractivity contribution in [2.24, 2.45) is 0 Å². The van der Waals surface area contributed by atoms with Crippen molar-refractivity contribution in [3.8, 4) is 27.8 Å². The molecule has 0 saturated heterocycles. The van der Waals surface area contributed by atoms with Crippen LogP contribution in [0.2, 0.25) is 0 Å². The predicted molar refractivity (Wildman–Crippen MR) is 120 cm³/mol. The van der Waals surface area contributed by atoms with Crippen LogP contribution in [0.4, 0.5) is 5.13 Å². The van der Waals surface area contributed by atoms with E-state index in [0.29, 0.717) is 38.0 Å². The number of benzene rings is 2. The van der Waals surface area contributed by atoms with Gasteiger partial charge in [-0.15, -0.1) is 11.3 Å². The van der Waals surface area contributed by atoms with Crippen molar-refractivity contribution in [2.45, 2.75) is 6.92 Å². The summed E-state index contributed by atoms with van der Waals surface area (Å²) in [7, 11) is 4.67. The molecule has 2 aromatic heterocycles. The molecule has 2 aromatic carbocycles. The largest absolute Gasteiger partial charge is 0.493 e. The topological polar surface area (TPSA) is 82.6 Å². The average molecular weight is 442 g/mol. The van der Waals surface area contributed by atoms with Crippen LogP contribution in [0.25, 0.3) is 20.8 Å². The lowest BCUT2D eigenvalue weighted by atomic mass is 10.2. The zero-order valence-corrected chi connectivity index (χ0v) is 18.4. The Morgan fingerprint density at radius 1 is 0.967 bits per heavy atom. The first-order chi connectivity index (χ1) is 14.5. The lowest BCUT2D eigenvalue weighted by Crippen LogP contribution is -2.11. The summed E-state index contributed by atoms with van der Waals surface area (Å²) in [4.78, 5) is 22.4. The van der Waals surface area contributed by atoms with E-state index in [0.717, 1.165) is 15.8 Å². The van der Waals surface area contributed by atoms with Crippen molar-refractivity contribution in [2.75, 3.05) is 26.6 Å². The van der Waals surface area contributed by atoms with Gasteiger partial charge >= 0.3 is 0 Å². The molecule has 0 atom stereocenters. The summed E-state index contributed by atoms with van der Waals surface area (Å²) in [5.74, 6) is 1.33. The number of aryl methyl sites for hydroxylation is 1. The minimum absolute atomic E-state index is 0.234. The Hall–Kier alpha value is -3.17. The molecule has 0 spiro atoms. The molecule has 0 aliphatic rings. The number of hydrogen-bond donors (Lipinski definition) is 1. The summed E-state index contributed by atoms with van der Waals surface area (Å²) in [6, 6.07) is 11.4. The number of ether oxygens (including phenoxy) is 3. The van der Waals surface area contributed by atoms with Crippen LogP contribution in [0.5, 0.6) is 17.2 Å². The Balaban J connectivity index is 1.65. The van der Waals surface area contributed by atoms with Crippen molar-refractivity contribution < 1.29 is 19.0 Å². The molecule has 4 rings (SSSR count). The normalized spacial score (nSPS) is 10.8. The molecule has 154 valence electrons. The highest BCUT2D eigenvalue weighted by atomic mass is 32.1. The number of anilines is 1. The third kappa shape index (κ3) is 3.69. The number of aromatic nitrogens is 2. The first-order valence-corrected chi connectivity index (χ1v) is 10.6. The zero-order chi connectivity index (χ0) is 21.3. The molecular weight excluding hydrogens is 422 g/mol. The van der Waals surface area contributed by atoms with E-state index >= 15 is 0 Å². The Morgan fingerprint density at radius 2 is 1.67 bits per heavy atom. The number of amides is 1. The van der Waals surface area contributed by atoms with E-state index in [1.807, 2.05) is 43.3 Å². The monoisotopic (exact) mass is 441 g/mol. The number of fused-ring (bicyclic) bond motifs is 1. The summed E-state index contributed by atoms with van der Waals surface area (Å²) in [5.41, 5.74) is 2.27. The molecule has 4 aromatic rings. The second kappa shape index (κ2) is 8.29. The van der Waals surface area contributed by atoms with Gasteiger partial charge in [-0.3, -0.25) is 10.1 Å². The average Bonchev–Trinajstić information content (AvgIpc) is 3.35. The quantitative estimate of drug-likeness (QED) is 0.453. The second-order valence-electron chi connectivity index (χ2n) is 6.29. The predicted octanol–water partition coefficient (Wildman–Crippen LogP) is 5.01. The standard InChI is InChI=1S/C21H19N3O4S2/c1-11-18(19(25)24-21-23-13-7-5-6-8-16(13)29-21)30-20(22-11)12-9-14(26-2)17(28-4)15(10-12)27-3/h5-10H,1-4H3,(H,23,24,25). The Kier molecular flexibility index (Phi) is 5.56. The Labute approximate surface area is 181 Å². The maximum absolute atomic E-state index is 12.9. The van der Waals surface area contributed by atoms with E-state index in [1.54, 1.807) is 21.3 Å². The summed E-state index contributed by atoms with van der Waals surface area (Å²) in [6.45, 7) is 1.81. The van der Waals surface area contributed by atoms with Crippen molar-refractivity contribution in [1.82, 2.24) is 9.97 Å². The molecule has 0 aliphatic carbocycles. The second-order valence-corrected chi connectivity index (χ2v) is 8.32. The van der Waals surface area contributed by atoms with E-state index in [2.05, 4.69) is 15.3 Å². The van der Waals surface area contributed by atoms with Crippen LogP contribution in [0.15, 0.2) is 36.4 Å². The lowest BCUT2D eigenvalue weighted by molar-refractivity contribution is 0.103. The van der Waals surface area contributed by atoms with E-state index in [-0.39, 0.29) is 5.91 Å². The summed E-state index contributed by atoms with van der Waals surface area (Å²) < 4.78 is 17.2. The number of nitrogens with one attached hydrogen (secondary N) is 1. The molecule has 1 N–H and O–H groups in total. The number of carbonyl (C=O) groups excluding carboxylic acids is 1. The molecule has 2 heterocycles. The summed E-state index contributed by atoms with van der Waals surface area (Å²) in [5, 5.41) is 4.13. The fourth-order valence-corrected chi connectivity index (χ4v) is 4.82. The number of carbonyl (C=O) groups is 1. The highest BCUT2D eigenvalue weighted by molar-refractivity contribution is 7.22. The lowest BCUT2D eigenvalue weighted by Gasteiger charge is -2.13. The summed E-state index contributed by atoms with van der Waals surface area (Å²) in [6.07, 6.45) is 0. The first kappa shape index (κ1) is 20.1. The first-order valence-electron chi connectivity index (χ1n) is 8.98. The molecule has 30 heavy (non-hydrogen) atoms. The van der Waals surface area contributed by atoms with E-state index in [9.17, 15) is 4.79 Å². The maximum Gasteiger partial charge on any atom is 0.269 e. The molecule has 0 saturated carbocycles. The van der Waals surface area contributed by atoms with Gasteiger partial charge in [0.25, 0.3) is 5.91 Å². The van der Waals surface area contributed by atoms with Gasteiger partial charge in [-0.05, 0) is 31.2 Å². The van der Waals surface area contributed by atoms with E-state index in [4.69, 9.17) is 14.2 Å². The molecule has 1 amide bonds. The highest BCUT2D eigenvalue weighted by Gasteiger charge is 2.20. The smallest absolute Gasteiger partial charge is 0.269 e. The minimum atomic E-state index is -0.234. The van der Waals surface area contributed by atoms with Crippen LogP contribution in [-0.4, -0.2) is 37.2 Å². The minimum Gasteiger partial charge on any atom is -0.493 e. The fourth-order valence-electron chi connectivity index (χ4n) is 3.01. The van der Waals surface area contributed by atoms with Gasteiger partial charge in [0, 0.05) is 5.56 Å². The fraction of sp³-hybridized carbons (Fsp3) is 0.190. The van der Waals surface area contributed by atoms with Crippen LogP contribution in [0, 0.1) is 6.92 Å². The third-order valence-corrected chi connectivity index (χ3v) is 6.59. The number of rotatable bonds is 6. The zero-order valence-electron chi connectivity index (χ0n) is 16.8. The highest BCUT2D eigenvalue weighted by Crippen LogP contribution is 2.42. The van der Waals surface area contributed by atoms with Gasteiger partial charge in [0.15, 0.2) is 16.6 Å². The van der Waals surface area contributed by atoms with Gasteiger partial charge in [-0.2, -0.15) is 0 Å². The molecular formula is C21H19N3O4S2. The molecule has 0 aliphatic heterocycles. The molecule has 0 fully saturated rings. The number of para-hydroxylation sites is 1. The Bertz CT molecular complexity index is 1170. The van der Waals surface area contributed by atoms with Crippen LogP contribution in [0.1, 0.15) is 15.4 Å². The third-order valence-electron chi connectivity index (χ3n) is 4.43. The van der Waals surface area contributed by atoms with Crippen LogP contribution >= 0.6 is 22.7 Å². The number of methoxy groups -OCH3 is 3. The van der Waals surface area contributed by atoms with Gasteiger partial charge in [-0.25, -0.2) is 9.97 Å². The summed E-state index contributed by atoms with van der Waals surface area (Å²) >= 11 is 2.74. The Morgan fingerprint density at radius 3 is 2.30 bits per heavy atom. The van der Waals surface area contributed by atoms with Gasteiger partial charge in [0.1, 0.15) is 9.88 Å². The van der Waals surface area contributed by atoms with E-state index < -0.39 is 0 Å². The molecule has 0 radical (unpaired) electrons. The van der Waals surface area contributed by atoms with Crippen molar-refractivity contribution >= 4 is 43.9 Å². The van der Waals surface area contributed by atoms with E-state index in [1.165, 1.54) is 22.7 Å². The van der Waals surface area contributed by atoms with Crippen molar-refractivity contribution in [3.05, 3.63) is 47.0 Å².